The van der Waals surface area contributed by atoms with Crippen LogP contribution in [0.2, 0.25) is 0 Å². The zero-order chi connectivity index (χ0) is 41.1. The molecule has 6 aromatic rings. The first-order valence-corrected chi connectivity index (χ1v) is 18.5. The highest BCUT2D eigenvalue weighted by atomic mass is 16.5. The van der Waals surface area contributed by atoms with Crippen LogP contribution in [-0.2, 0) is 41.9 Å². The van der Waals surface area contributed by atoms with Gasteiger partial charge in [-0.3, -0.25) is 9.59 Å². The lowest BCUT2D eigenvalue weighted by Crippen LogP contribution is -2.34. The molecule has 8 nitrogen and oxygen atoms in total. The van der Waals surface area contributed by atoms with E-state index in [1.54, 1.807) is 13.8 Å². The van der Waals surface area contributed by atoms with E-state index in [2.05, 4.69) is 61.7 Å². The summed E-state index contributed by atoms with van der Waals surface area (Å²) in [5.74, 6) is -3.98. The molecule has 290 valence electrons. The Bertz CT molecular complexity index is 2290. The van der Waals surface area contributed by atoms with Gasteiger partial charge in [0.1, 0.15) is 13.2 Å². The lowest BCUT2D eigenvalue weighted by Gasteiger charge is -2.27. The topological polar surface area (TPSA) is 127 Å². The van der Waals surface area contributed by atoms with Gasteiger partial charge in [-0.05, 0) is 80.9 Å². The number of ether oxygens (including phenoxy) is 2. The van der Waals surface area contributed by atoms with Gasteiger partial charge in [0, 0.05) is 22.3 Å². The lowest BCUT2D eigenvalue weighted by atomic mass is 9.78. The van der Waals surface area contributed by atoms with Crippen molar-refractivity contribution < 1.29 is 38.9 Å². The monoisotopic (exact) mass is 754 g/mol. The van der Waals surface area contributed by atoms with Crippen LogP contribution >= 0.6 is 0 Å². The summed E-state index contributed by atoms with van der Waals surface area (Å²) in [7, 11) is 0. The van der Waals surface area contributed by atoms with Crippen molar-refractivity contribution in [2.45, 2.75) is 54.8 Å². The number of hydrogen-bond donors (Lipinski definition) is 2. The number of rotatable bonds is 11. The van der Waals surface area contributed by atoms with E-state index in [0.29, 0.717) is 5.57 Å². The first-order valence-electron chi connectivity index (χ1n) is 18.5. The van der Waals surface area contributed by atoms with Gasteiger partial charge in [0.15, 0.2) is 0 Å². The molecule has 2 N–H and O–H groups in total. The van der Waals surface area contributed by atoms with Crippen LogP contribution in [0.3, 0.4) is 0 Å². The number of carboxylic acids is 2. The highest BCUT2D eigenvalue weighted by molar-refractivity contribution is 6.03. The molecule has 56 heavy (non-hydrogen) atoms. The van der Waals surface area contributed by atoms with E-state index in [0.717, 1.165) is 54.2 Å². The molecule has 0 aliphatic carbocycles. The molecule has 0 saturated carbocycles. The first-order chi connectivity index (χ1) is 26.6. The fourth-order valence-electron chi connectivity index (χ4n) is 6.71. The molecule has 0 aliphatic rings. The maximum Gasteiger partial charge on any atom is 0.333 e. The van der Waals surface area contributed by atoms with Crippen molar-refractivity contribution in [3.05, 3.63) is 145 Å². The van der Waals surface area contributed by atoms with Crippen molar-refractivity contribution in [2.75, 3.05) is 0 Å². The summed E-state index contributed by atoms with van der Waals surface area (Å²) >= 11 is 0. The predicted octanol–water partition coefficient (Wildman–Crippen LogP) is 10.9. The molecule has 0 radical (unpaired) electrons. The second-order valence-corrected chi connectivity index (χ2v) is 14.4. The fraction of sp³-hybridized carbons (Fsp3) is 0.250. The number of carboxylic acid groups (broad SMARTS) is 2. The van der Waals surface area contributed by atoms with Gasteiger partial charge < -0.3 is 19.7 Å². The molecule has 3 atom stereocenters. The Kier molecular flexibility index (Phi) is 14.7. The summed E-state index contributed by atoms with van der Waals surface area (Å²) in [4.78, 5) is 45.7. The second-order valence-electron chi connectivity index (χ2n) is 14.4. The standard InChI is InChI=1S/C25H28O4.C19H16O2.C4H6O2/c1-15(2)23(24(26)27)16(3)17(4)25(28)29-14-22-20-11-7-5-9-18(20)13-19-10-6-8-12-21(19)22;1-13(2)19(20)21-12-18-16-9-5-3-7-14(16)11-15-8-4-6-10-17(15)18;1-3(2)4(5)6/h5-13,15-17,23H,14H2,1-4H3,(H,26,27);3-11H,1,12H2,2H3;1H2,2H3,(H,5,6). The maximum absolute atomic E-state index is 12.8. The van der Waals surface area contributed by atoms with E-state index < -0.39 is 23.8 Å². The van der Waals surface area contributed by atoms with Crippen LogP contribution in [0.5, 0.6) is 0 Å². The highest BCUT2D eigenvalue weighted by Crippen LogP contribution is 2.32. The molecule has 0 bridgehead atoms. The van der Waals surface area contributed by atoms with Crippen molar-refractivity contribution in [3.8, 4) is 0 Å². The Balaban J connectivity index is 0.000000225. The molecule has 6 rings (SSSR count). The van der Waals surface area contributed by atoms with E-state index in [4.69, 9.17) is 14.6 Å². The highest BCUT2D eigenvalue weighted by Gasteiger charge is 2.35. The van der Waals surface area contributed by atoms with Gasteiger partial charge in [-0.1, -0.05) is 138 Å². The zero-order valence-corrected chi connectivity index (χ0v) is 32.9. The number of fused-ring (bicyclic) bond motifs is 4. The van der Waals surface area contributed by atoms with Gasteiger partial charge in [0.05, 0.1) is 11.8 Å². The second kappa shape index (κ2) is 19.4. The van der Waals surface area contributed by atoms with Crippen LogP contribution < -0.4 is 0 Å². The summed E-state index contributed by atoms with van der Waals surface area (Å²) in [5, 5.41) is 26.3. The summed E-state index contributed by atoms with van der Waals surface area (Å²) in [6.07, 6.45) is 0. The Hall–Kier alpha value is -6.28. The Morgan fingerprint density at radius 3 is 1.21 bits per heavy atom. The Morgan fingerprint density at radius 1 is 0.571 bits per heavy atom. The largest absolute Gasteiger partial charge is 0.481 e. The average molecular weight is 755 g/mol. The minimum absolute atomic E-state index is 0.0558. The normalized spacial score (nSPS) is 12.4. The van der Waals surface area contributed by atoms with Gasteiger partial charge in [-0.25, -0.2) is 9.59 Å². The predicted molar refractivity (Wildman–Crippen MR) is 224 cm³/mol. The van der Waals surface area contributed by atoms with E-state index in [1.165, 1.54) is 6.92 Å². The van der Waals surface area contributed by atoms with Gasteiger partial charge in [0.25, 0.3) is 0 Å². The van der Waals surface area contributed by atoms with Gasteiger partial charge >= 0.3 is 23.9 Å². The molecule has 6 aromatic carbocycles. The van der Waals surface area contributed by atoms with Crippen molar-refractivity contribution >= 4 is 67.0 Å². The minimum atomic E-state index is -0.935. The van der Waals surface area contributed by atoms with Crippen LogP contribution in [-0.4, -0.2) is 34.1 Å². The van der Waals surface area contributed by atoms with Crippen LogP contribution in [0.15, 0.2) is 133 Å². The lowest BCUT2D eigenvalue weighted by molar-refractivity contribution is -0.155. The minimum Gasteiger partial charge on any atom is -0.481 e. The summed E-state index contributed by atoms with van der Waals surface area (Å²) in [6.45, 7) is 17.6. The van der Waals surface area contributed by atoms with Gasteiger partial charge in [0.2, 0.25) is 0 Å². The number of hydrogen-bond acceptors (Lipinski definition) is 6. The fourth-order valence-corrected chi connectivity index (χ4v) is 6.71. The number of carbonyl (C=O) groups excluding carboxylic acids is 2. The third kappa shape index (κ3) is 10.5. The van der Waals surface area contributed by atoms with Crippen molar-refractivity contribution in [1.82, 2.24) is 0 Å². The Morgan fingerprint density at radius 2 is 0.911 bits per heavy atom. The van der Waals surface area contributed by atoms with Crippen molar-refractivity contribution in [3.63, 3.8) is 0 Å². The molecule has 0 aliphatic heterocycles. The van der Waals surface area contributed by atoms with Crippen LogP contribution in [0.1, 0.15) is 52.7 Å². The molecule has 0 amide bonds. The van der Waals surface area contributed by atoms with E-state index in [1.807, 2.05) is 81.4 Å². The third-order valence-electron chi connectivity index (χ3n) is 9.92. The molecule has 8 heteroatoms. The first kappa shape index (κ1) is 42.5. The van der Waals surface area contributed by atoms with E-state index in [-0.39, 0.29) is 42.6 Å². The molecule has 0 spiro atoms. The quantitative estimate of drug-likeness (QED) is 0.0760. The Labute approximate surface area is 328 Å². The van der Waals surface area contributed by atoms with E-state index >= 15 is 0 Å². The van der Waals surface area contributed by atoms with Gasteiger partial charge in [-0.15, -0.1) is 0 Å². The molecule has 3 unspecified atom stereocenters. The number of carbonyl (C=O) groups is 4. The maximum atomic E-state index is 12.8. The van der Waals surface area contributed by atoms with Gasteiger partial charge in [-0.2, -0.15) is 0 Å². The third-order valence-corrected chi connectivity index (χ3v) is 9.92. The summed E-state index contributed by atoms with van der Waals surface area (Å²) in [5.41, 5.74) is 2.61. The smallest absolute Gasteiger partial charge is 0.333 e. The molecule has 0 saturated heterocycles. The summed E-state index contributed by atoms with van der Waals surface area (Å²) in [6, 6.07) is 36.7. The molecular weight excluding hydrogens is 705 g/mol. The summed E-state index contributed by atoms with van der Waals surface area (Å²) < 4.78 is 11.1. The SMILES string of the molecule is C=C(C)C(=O)O.C=C(C)C(=O)OCc1c2ccccc2cc2ccccc12.CC(C)C(C(=O)O)C(C)C(C)C(=O)OCc1c2ccccc2cc2ccccc12. The number of aliphatic carboxylic acids is 2. The average Bonchev–Trinajstić information content (AvgIpc) is 3.17. The van der Waals surface area contributed by atoms with Crippen molar-refractivity contribution in [2.24, 2.45) is 23.7 Å². The molecule has 0 fully saturated rings. The number of benzene rings is 6. The van der Waals surface area contributed by atoms with Crippen molar-refractivity contribution in [1.29, 1.82) is 0 Å². The molecule has 0 aromatic heterocycles. The zero-order valence-electron chi connectivity index (χ0n) is 32.9. The number of esters is 2. The van der Waals surface area contributed by atoms with Crippen LogP contribution in [0.4, 0.5) is 0 Å². The molecule has 0 heterocycles. The van der Waals surface area contributed by atoms with E-state index in [9.17, 15) is 24.3 Å². The van der Waals surface area contributed by atoms with Crippen LogP contribution in [0, 0.1) is 23.7 Å². The molecular formula is C48H50O8. The van der Waals surface area contributed by atoms with Crippen LogP contribution in [0.25, 0.3) is 43.1 Å².